The third kappa shape index (κ3) is 4.09. The lowest BCUT2D eigenvalue weighted by molar-refractivity contribution is -0.128. The van der Waals surface area contributed by atoms with E-state index in [0.29, 0.717) is 4.47 Å². The van der Waals surface area contributed by atoms with Crippen molar-refractivity contribution in [1.29, 1.82) is 0 Å². The molecule has 0 radical (unpaired) electrons. The molecule has 9 heteroatoms. The zero-order valence-electron chi connectivity index (χ0n) is 12.1. The Hall–Kier alpha value is -0.830. The second-order valence-corrected chi connectivity index (χ2v) is 7.77. The minimum absolute atomic E-state index is 0.0987. The molecule has 0 aliphatic rings. The number of rotatable bonds is 5. The van der Waals surface area contributed by atoms with Gasteiger partial charge in [-0.1, -0.05) is 11.6 Å². The third-order valence-electron chi connectivity index (χ3n) is 2.72. The Morgan fingerprint density at radius 1 is 1.33 bits per heavy atom. The highest BCUT2D eigenvalue weighted by Gasteiger charge is 2.28. The van der Waals surface area contributed by atoms with Gasteiger partial charge >= 0.3 is 0 Å². The molecule has 21 heavy (non-hydrogen) atoms. The summed E-state index contributed by atoms with van der Waals surface area (Å²) in [5.74, 6) is -0.190. The van der Waals surface area contributed by atoms with Crippen LogP contribution in [0.25, 0.3) is 0 Å². The largest absolute Gasteiger partial charge is 0.494 e. The van der Waals surface area contributed by atoms with E-state index in [9.17, 15) is 13.2 Å². The minimum Gasteiger partial charge on any atom is -0.494 e. The summed E-state index contributed by atoms with van der Waals surface area (Å²) in [5.41, 5.74) is 0. The average molecular weight is 400 g/mol. The summed E-state index contributed by atoms with van der Waals surface area (Å²) in [6.45, 7) is -0.275. The van der Waals surface area contributed by atoms with Gasteiger partial charge in [-0.25, -0.2) is 8.42 Å². The number of nitrogens with zero attached hydrogens (tertiary/aromatic N) is 2. The lowest BCUT2D eigenvalue weighted by Gasteiger charge is -2.20. The fraction of sp³-hybridized carbons (Fsp3) is 0.417. The van der Waals surface area contributed by atoms with Gasteiger partial charge in [-0.3, -0.25) is 4.79 Å². The Balaban J connectivity index is 3.28. The summed E-state index contributed by atoms with van der Waals surface area (Å²) in [6.07, 6.45) is 0. The Kier molecular flexibility index (Phi) is 6.03. The number of ether oxygens (including phenoxy) is 1. The van der Waals surface area contributed by atoms with Crippen LogP contribution in [0.2, 0.25) is 5.02 Å². The molecule has 0 aliphatic heterocycles. The molecule has 0 atom stereocenters. The monoisotopic (exact) mass is 398 g/mol. The van der Waals surface area contributed by atoms with Crippen LogP contribution in [-0.4, -0.2) is 58.3 Å². The van der Waals surface area contributed by atoms with Crippen molar-refractivity contribution >= 4 is 43.5 Å². The standard InChI is InChI=1S/C12H16BrClN2O4S/c1-15(2)11(17)7-16(3)21(18,19)10-6-8(14)5-9(13)12(10)20-4/h5-6H,7H2,1-4H3. The first-order valence-corrected chi connectivity index (χ1v) is 8.42. The zero-order valence-corrected chi connectivity index (χ0v) is 15.2. The van der Waals surface area contributed by atoms with Gasteiger partial charge in [-0.2, -0.15) is 4.31 Å². The van der Waals surface area contributed by atoms with E-state index >= 15 is 0 Å². The highest BCUT2D eigenvalue weighted by molar-refractivity contribution is 9.10. The maximum atomic E-state index is 12.6. The molecular weight excluding hydrogens is 384 g/mol. The summed E-state index contributed by atoms with van der Waals surface area (Å²) in [6, 6.07) is 2.82. The van der Waals surface area contributed by atoms with Crippen LogP contribution in [0.4, 0.5) is 0 Å². The first-order valence-electron chi connectivity index (χ1n) is 5.80. The highest BCUT2D eigenvalue weighted by Crippen LogP contribution is 2.36. The third-order valence-corrected chi connectivity index (χ3v) is 5.34. The molecule has 0 heterocycles. The number of likely N-dealkylation sites (N-methyl/N-ethyl adjacent to an activating group) is 2. The van der Waals surface area contributed by atoms with Gasteiger partial charge in [0, 0.05) is 26.2 Å². The second-order valence-electron chi connectivity index (χ2n) is 4.47. The van der Waals surface area contributed by atoms with Crippen molar-refractivity contribution in [3.63, 3.8) is 0 Å². The van der Waals surface area contributed by atoms with Crippen molar-refractivity contribution in [3.05, 3.63) is 21.6 Å². The van der Waals surface area contributed by atoms with Crippen molar-refractivity contribution in [3.8, 4) is 5.75 Å². The van der Waals surface area contributed by atoms with Gasteiger partial charge in [-0.05, 0) is 28.1 Å². The SMILES string of the molecule is COc1c(Br)cc(Cl)cc1S(=O)(=O)N(C)CC(=O)N(C)C. The van der Waals surface area contributed by atoms with E-state index < -0.39 is 10.0 Å². The maximum absolute atomic E-state index is 12.6. The van der Waals surface area contributed by atoms with Gasteiger partial charge in [0.15, 0.2) is 5.75 Å². The topological polar surface area (TPSA) is 66.9 Å². The van der Waals surface area contributed by atoms with Gasteiger partial charge < -0.3 is 9.64 Å². The summed E-state index contributed by atoms with van der Waals surface area (Å²) >= 11 is 9.11. The number of amides is 1. The zero-order chi connectivity index (χ0) is 16.4. The molecule has 6 nitrogen and oxygen atoms in total. The molecule has 0 aromatic heterocycles. The first-order chi connectivity index (χ1) is 9.61. The van der Waals surface area contributed by atoms with Gasteiger partial charge in [0.1, 0.15) is 4.90 Å². The van der Waals surface area contributed by atoms with Crippen LogP contribution in [0.1, 0.15) is 0 Å². The lowest BCUT2D eigenvalue weighted by Crippen LogP contribution is -2.37. The number of methoxy groups -OCH3 is 1. The fourth-order valence-corrected chi connectivity index (χ4v) is 4.00. The molecule has 0 spiro atoms. The summed E-state index contributed by atoms with van der Waals surface area (Å²) in [7, 11) is 1.88. The van der Waals surface area contributed by atoms with Crippen LogP contribution in [-0.2, 0) is 14.8 Å². The molecule has 0 saturated carbocycles. The van der Waals surface area contributed by atoms with E-state index in [1.54, 1.807) is 14.1 Å². The number of carbonyl (C=O) groups is 1. The molecule has 0 fully saturated rings. The molecule has 0 aliphatic carbocycles. The summed E-state index contributed by atoms with van der Waals surface area (Å²) < 4.78 is 31.6. The Morgan fingerprint density at radius 2 is 1.90 bits per heavy atom. The Bertz CT molecular complexity index is 649. The summed E-state index contributed by atoms with van der Waals surface area (Å²) in [5, 5.41) is 0.244. The van der Waals surface area contributed by atoms with Crippen LogP contribution >= 0.6 is 27.5 Å². The van der Waals surface area contributed by atoms with E-state index in [1.807, 2.05) is 0 Å². The molecule has 0 bridgehead atoms. The van der Waals surface area contributed by atoms with Crippen LogP contribution in [0, 0.1) is 0 Å². The van der Waals surface area contributed by atoms with Gasteiger partial charge in [0.25, 0.3) is 0 Å². The number of carbonyl (C=O) groups excluding carboxylic acids is 1. The number of benzene rings is 1. The van der Waals surface area contributed by atoms with E-state index in [1.165, 1.54) is 31.2 Å². The quantitative estimate of drug-likeness (QED) is 0.757. The van der Waals surface area contributed by atoms with Crippen LogP contribution in [0.15, 0.2) is 21.5 Å². The maximum Gasteiger partial charge on any atom is 0.247 e. The number of hydrogen-bond donors (Lipinski definition) is 0. The van der Waals surface area contributed by atoms with E-state index in [-0.39, 0.29) is 28.1 Å². The van der Waals surface area contributed by atoms with Crippen LogP contribution in [0.3, 0.4) is 0 Å². The highest BCUT2D eigenvalue weighted by atomic mass is 79.9. The molecule has 1 aromatic rings. The van der Waals surface area contributed by atoms with E-state index in [0.717, 1.165) is 4.31 Å². The predicted molar refractivity (Wildman–Crippen MR) is 84.2 cm³/mol. The second kappa shape index (κ2) is 6.95. The molecule has 118 valence electrons. The van der Waals surface area contributed by atoms with Crippen molar-refractivity contribution in [2.24, 2.45) is 0 Å². The van der Waals surface area contributed by atoms with Crippen molar-refractivity contribution in [2.45, 2.75) is 4.90 Å². The Labute approximate surface area is 137 Å². The normalized spacial score (nSPS) is 11.6. The molecule has 0 saturated heterocycles. The predicted octanol–water partition coefficient (Wildman–Crippen LogP) is 1.82. The first kappa shape index (κ1) is 18.2. The number of halogens is 2. The van der Waals surface area contributed by atoms with Crippen LogP contribution < -0.4 is 4.74 Å². The molecular formula is C12H16BrClN2O4S. The van der Waals surface area contributed by atoms with Crippen molar-refractivity contribution in [2.75, 3.05) is 34.8 Å². The van der Waals surface area contributed by atoms with Crippen LogP contribution in [0.5, 0.6) is 5.75 Å². The molecule has 1 aromatic carbocycles. The van der Waals surface area contributed by atoms with E-state index in [2.05, 4.69) is 15.9 Å². The smallest absolute Gasteiger partial charge is 0.247 e. The lowest BCUT2D eigenvalue weighted by atomic mass is 10.3. The van der Waals surface area contributed by atoms with E-state index in [4.69, 9.17) is 16.3 Å². The number of sulfonamides is 1. The van der Waals surface area contributed by atoms with Crippen molar-refractivity contribution in [1.82, 2.24) is 9.21 Å². The van der Waals surface area contributed by atoms with Gasteiger partial charge in [-0.15, -0.1) is 0 Å². The molecule has 0 unspecified atom stereocenters. The minimum atomic E-state index is -3.91. The van der Waals surface area contributed by atoms with Crippen molar-refractivity contribution < 1.29 is 17.9 Å². The Morgan fingerprint density at radius 3 is 2.38 bits per heavy atom. The molecule has 1 amide bonds. The summed E-state index contributed by atoms with van der Waals surface area (Å²) in [4.78, 5) is 12.9. The fourth-order valence-electron chi connectivity index (χ4n) is 1.51. The van der Waals surface area contributed by atoms with Gasteiger partial charge in [0.2, 0.25) is 15.9 Å². The van der Waals surface area contributed by atoms with Gasteiger partial charge in [0.05, 0.1) is 18.1 Å². The number of hydrogen-bond acceptors (Lipinski definition) is 4. The average Bonchev–Trinajstić information content (AvgIpc) is 2.37. The molecule has 0 N–H and O–H groups in total. The molecule has 1 rings (SSSR count).